The fourth-order valence-corrected chi connectivity index (χ4v) is 3.19. The van der Waals surface area contributed by atoms with Crippen LogP contribution in [0.15, 0.2) is 0 Å². The van der Waals surface area contributed by atoms with E-state index in [1.807, 2.05) is 0 Å². The SMILES string of the molecule is O=C(CNCC1CCCC(O)C1)NC1CCCC1. The van der Waals surface area contributed by atoms with Crippen molar-refractivity contribution in [1.29, 1.82) is 0 Å². The van der Waals surface area contributed by atoms with Gasteiger partial charge in [0.15, 0.2) is 0 Å². The maximum absolute atomic E-state index is 11.7. The first-order valence-corrected chi connectivity index (χ1v) is 7.42. The number of nitrogens with one attached hydrogen (secondary N) is 2. The van der Waals surface area contributed by atoms with Crippen LogP contribution in [0.25, 0.3) is 0 Å². The van der Waals surface area contributed by atoms with Gasteiger partial charge in [-0.05, 0) is 44.6 Å². The summed E-state index contributed by atoms with van der Waals surface area (Å²) in [4.78, 5) is 11.7. The fourth-order valence-electron chi connectivity index (χ4n) is 3.19. The number of hydrogen-bond acceptors (Lipinski definition) is 3. The van der Waals surface area contributed by atoms with Crippen molar-refractivity contribution >= 4 is 5.91 Å². The quantitative estimate of drug-likeness (QED) is 0.690. The summed E-state index contributed by atoms with van der Waals surface area (Å²) in [6.45, 7) is 1.28. The average molecular weight is 254 g/mol. The number of amides is 1. The first-order chi connectivity index (χ1) is 8.74. The number of hydrogen-bond donors (Lipinski definition) is 3. The Morgan fingerprint density at radius 2 is 1.89 bits per heavy atom. The lowest BCUT2D eigenvalue weighted by Crippen LogP contribution is -2.40. The minimum absolute atomic E-state index is 0.123. The van der Waals surface area contributed by atoms with Crippen molar-refractivity contribution in [2.75, 3.05) is 13.1 Å². The molecular weight excluding hydrogens is 228 g/mol. The molecule has 3 N–H and O–H groups in total. The Bertz CT molecular complexity index is 265. The molecule has 2 fully saturated rings. The van der Waals surface area contributed by atoms with Crippen molar-refractivity contribution in [3.05, 3.63) is 0 Å². The summed E-state index contributed by atoms with van der Waals surface area (Å²) in [5, 5.41) is 15.9. The minimum Gasteiger partial charge on any atom is -0.393 e. The van der Waals surface area contributed by atoms with E-state index in [1.54, 1.807) is 0 Å². The zero-order valence-electron chi connectivity index (χ0n) is 11.2. The van der Waals surface area contributed by atoms with E-state index in [0.717, 1.165) is 38.6 Å². The van der Waals surface area contributed by atoms with E-state index in [1.165, 1.54) is 19.3 Å². The van der Waals surface area contributed by atoms with Crippen molar-refractivity contribution in [2.24, 2.45) is 5.92 Å². The molecule has 0 aromatic heterocycles. The second kappa shape index (κ2) is 7.10. The highest BCUT2D eigenvalue weighted by Gasteiger charge is 2.20. The normalized spacial score (nSPS) is 29.4. The Labute approximate surface area is 110 Å². The second-order valence-electron chi connectivity index (χ2n) is 5.87. The van der Waals surface area contributed by atoms with E-state index in [0.29, 0.717) is 18.5 Å². The van der Waals surface area contributed by atoms with Gasteiger partial charge in [-0.1, -0.05) is 19.3 Å². The van der Waals surface area contributed by atoms with E-state index < -0.39 is 0 Å². The molecule has 2 rings (SSSR count). The molecular formula is C14H26N2O2. The lowest BCUT2D eigenvalue weighted by molar-refractivity contribution is -0.120. The summed E-state index contributed by atoms with van der Waals surface area (Å²) in [5.74, 6) is 0.659. The molecule has 0 saturated heterocycles. The van der Waals surface area contributed by atoms with Gasteiger partial charge in [0.1, 0.15) is 0 Å². The smallest absolute Gasteiger partial charge is 0.234 e. The molecule has 1 amide bonds. The zero-order chi connectivity index (χ0) is 12.8. The Morgan fingerprint density at radius 3 is 2.61 bits per heavy atom. The topological polar surface area (TPSA) is 61.4 Å². The first-order valence-electron chi connectivity index (χ1n) is 7.42. The third-order valence-electron chi connectivity index (χ3n) is 4.19. The van der Waals surface area contributed by atoms with Gasteiger partial charge < -0.3 is 15.7 Å². The molecule has 18 heavy (non-hydrogen) atoms. The van der Waals surface area contributed by atoms with Crippen molar-refractivity contribution in [3.8, 4) is 0 Å². The number of aliphatic hydroxyl groups excluding tert-OH is 1. The number of rotatable bonds is 5. The van der Waals surface area contributed by atoms with Crippen LogP contribution in [0.5, 0.6) is 0 Å². The predicted octanol–water partition coefficient (Wildman–Crippen LogP) is 1.19. The van der Waals surface area contributed by atoms with Gasteiger partial charge in [0, 0.05) is 6.04 Å². The second-order valence-corrected chi connectivity index (χ2v) is 5.87. The molecule has 2 saturated carbocycles. The minimum atomic E-state index is -0.127. The highest BCUT2D eigenvalue weighted by molar-refractivity contribution is 5.78. The van der Waals surface area contributed by atoms with Gasteiger partial charge in [-0.3, -0.25) is 4.79 Å². The summed E-state index contributed by atoms with van der Waals surface area (Å²) in [6, 6.07) is 0.413. The summed E-state index contributed by atoms with van der Waals surface area (Å²) in [5.41, 5.74) is 0. The Hall–Kier alpha value is -0.610. The maximum Gasteiger partial charge on any atom is 0.234 e. The van der Waals surface area contributed by atoms with Crippen molar-refractivity contribution in [3.63, 3.8) is 0 Å². The molecule has 0 heterocycles. The molecule has 2 aliphatic rings. The molecule has 2 unspecified atom stereocenters. The van der Waals surface area contributed by atoms with Crippen LogP contribution in [0, 0.1) is 5.92 Å². The van der Waals surface area contributed by atoms with Gasteiger partial charge in [0.05, 0.1) is 12.6 Å². The molecule has 2 atom stereocenters. The Kier molecular flexibility index (Phi) is 5.45. The molecule has 0 aliphatic heterocycles. The molecule has 0 spiro atoms. The van der Waals surface area contributed by atoms with Crippen LogP contribution in [-0.4, -0.2) is 36.2 Å². The molecule has 4 nitrogen and oxygen atoms in total. The molecule has 104 valence electrons. The Morgan fingerprint density at radius 1 is 1.11 bits per heavy atom. The molecule has 0 aromatic carbocycles. The maximum atomic E-state index is 11.7. The standard InChI is InChI=1S/C14H26N2O2/c17-13-7-3-4-11(8-13)9-15-10-14(18)16-12-5-1-2-6-12/h11-13,15,17H,1-10H2,(H,16,18). The molecule has 0 radical (unpaired) electrons. The monoisotopic (exact) mass is 254 g/mol. The molecule has 4 heteroatoms. The van der Waals surface area contributed by atoms with E-state index in [-0.39, 0.29) is 12.0 Å². The van der Waals surface area contributed by atoms with Crippen LogP contribution in [0.3, 0.4) is 0 Å². The van der Waals surface area contributed by atoms with E-state index in [9.17, 15) is 9.90 Å². The first kappa shape index (κ1) is 13.8. The average Bonchev–Trinajstić information content (AvgIpc) is 2.82. The fraction of sp³-hybridized carbons (Fsp3) is 0.929. The Balaban J connectivity index is 1.55. The third kappa shape index (κ3) is 4.58. The van der Waals surface area contributed by atoms with Crippen molar-refractivity contribution < 1.29 is 9.90 Å². The lowest BCUT2D eigenvalue weighted by Gasteiger charge is -2.26. The largest absolute Gasteiger partial charge is 0.393 e. The summed E-state index contributed by atoms with van der Waals surface area (Å²) >= 11 is 0. The summed E-state index contributed by atoms with van der Waals surface area (Å²) < 4.78 is 0. The van der Waals surface area contributed by atoms with Crippen molar-refractivity contribution in [2.45, 2.75) is 63.5 Å². The zero-order valence-corrected chi connectivity index (χ0v) is 11.2. The van der Waals surface area contributed by atoms with Gasteiger partial charge in [0.25, 0.3) is 0 Å². The van der Waals surface area contributed by atoms with Gasteiger partial charge >= 0.3 is 0 Å². The predicted molar refractivity (Wildman–Crippen MR) is 71.2 cm³/mol. The number of aliphatic hydroxyl groups is 1. The van der Waals surface area contributed by atoms with Crippen LogP contribution in [0.4, 0.5) is 0 Å². The molecule has 0 bridgehead atoms. The molecule has 0 aromatic rings. The van der Waals surface area contributed by atoms with E-state index in [2.05, 4.69) is 10.6 Å². The van der Waals surface area contributed by atoms with Crippen molar-refractivity contribution in [1.82, 2.24) is 10.6 Å². The number of carbonyl (C=O) groups is 1. The highest BCUT2D eigenvalue weighted by atomic mass is 16.3. The van der Waals surface area contributed by atoms with Crippen LogP contribution < -0.4 is 10.6 Å². The van der Waals surface area contributed by atoms with E-state index in [4.69, 9.17) is 0 Å². The summed E-state index contributed by atoms with van der Waals surface area (Å²) in [6.07, 6.45) is 8.77. The van der Waals surface area contributed by atoms with Gasteiger partial charge in [-0.15, -0.1) is 0 Å². The highest BCUT2D eigenvalue weighted by Crippen LogP contribution is 2.23. The van der Waals surface area contributed by atoms with Crippen LogP contribution in [-0.2, 0) is 4.79 Å². The van der Waals surface area contributed by atoms with Crippen LogP contribution in [0.1, 0.15) is 51.4 Å². The molecule has 2 aliphatic carbocycles. The van der Waals surface area contributed by atoms with Gasteiger partial charge in [0.2, 0.25) is 5.91 Å². The number of carbonyl (C=O) groups excluding carboxylic acids is 1. The lowest BCUT2D eigenvalue weighted by atomic mass is 9.87. The van der Waals surface area contributed by atoms with Gasteiger partial charge in [-0.25, -0.2) is 0 Å². The van der Waals surface area contributed by atoms with Crippen LogP contribution in [0.2, 0.25) is 0 Å². The van der Waals surface area contributed by atoms with Gasteiger partial charge in [-0.2, -0.15) is 0 Å². The third-order valence-corrected chi connectivity index (χ3v) is 4.19. The summed E-state index contributed by atoms with van der Waals surface area (Å²) in [7, 11) is 0. The van der Waals surface area contributed by atoms with Crippen LogP contribution >= 0.6 is 0 Å². The van der Waals surface area contributed by atoms with E-state index >= 15 is 0 Å².